The molecule has 1 aromatic heterocycles. The Morgan fingerprint density at radius 3 is 2.62 bits per heavy atom. The monoisotopic (exact) mass is 363 g/mol. The molecule has 0 bridgehead atoms. The standard InChI is InChI=1S/C19H17N5OS/c1-13-10-18(21)24(26-13)19(22-15-6-8-17(25-2)9-7-15)23-16-5-3-4-14(11-16)12-20/h3-11,21H,1-2H3,(H,22,23). The van der Waals surface area contributed by atoms with Gasteiger partial charge in [-0.05, 0) is 55.5 Å². The summed E-state index contributed by atoms with van der Waals surface area (Å²) in [6.07, 6.45) is 0. The van der Waals surface area contributed by atoms with Gasteiger partial charge in [0.1, 0.15) is 11.2 Å². The Morgan fingerprint density at radius 2 is 2.00 bits per heavy atom. The normalized spacial score (nSPS) is 11.0. The number of ether oxygens (including phenoxy) is 1. The van der Waals surface area contributed by atoms with E-state index in [2.05, 4.69) is 16.4 Å². The number of hydrogen-bond acceptors (Lipinski definition) is 5. The van der Waals surface area contributed by atoms with E-state index >= 15 is 0 Å². The molecule has 0 spiro atoms. The lowest BCUT2D eigenvalue weighted by molar-refractivity contribution is 0.415. The molecule has 7 heteroatoms. The number of aryl methyl sites for hydroxylation is 1. The van der Waals surface area contributed by atoms with Gasteiger partial charge in [-0.3, -0.25) is 5.41 Å². The van der Waals surface area contributed by atoms with Gasteiger partial charge in [0, 0.05) is 10.6 Å². The van der Waals surface area contributed by atoms with Crippen molar-refractivity contribution in [1.29, 1.82) is 10.7 Å². The van der Waals surface area contributed by atoms with Crippen LogP contribution in [0.25, 0.3) is 0 Å². The molecule has 3 rings (SSSR count). The van der Waals surface area contributed by atoms with Crippen molar-refractivity contribution in [3.05, 3.63) is 70.5 Å². The molecular weight excluding hydrogens is 346 g/mol. The molecule has 0 amide bonds. The van der Waals surface area contributed by atoms with Gasteiger partial charge in [0.25, 0.3) is 0 Å². The molecule has 2 aromatic carbocycles. The van der Waals surface area contributed by atoms with Crippen LogP contribution in [0.3, 0.4) is 0 Å². The minimum atomic E-state index is 0.337. The van der Waals surface area contributed by atoms with Crippen LogP contribution in [0.5, 0.6) is 5.75 Å². The van der Waals surface area contributed by atoms with Crippen LogP contribution >= 0.6 is 11.5 Å². The van der Waals surface area contributed by atoms with Gasteiger partial charge in [0.15, 0.2) is 0 Å². The number of benzene rings is 2. The maximum Gasteiger partial charge on any atom is 0.223 e. The Balaban J connectivity index is 2.03. The van der Waals surface area contributed by atoms with Crippen molar-refractivity contribution in [2.24, 2.45) is 4.99 Å². The Bertz CT molecular complexity index is 1040. The molecule has 0 aliphatic rings. The van der Waals surface area contributed by atoms with Gasteiger partial charge >= 0.3 is 0 Å². The van der Waals surface area contributed by atoms with E-state index in [0.717, 1.165) is 22.0 Å². The summed E-state index contributed by atoms with van der Waals surface area (Å²) in [6, 6.07) is 18.4. The number of hydrogen-bond donors (Lipinski definition) is 2. The second-order valence-electron chi connectivity index (χ2n) is 5.48. The summed E-state index contributed by atoms with van der Waals surface area (Å²) in [5.74, 6) is 1.24. The molecule has 26 heavy (non-hydrogen) atoms. The van der Waals surface area contributed by atoms with Gasteiger partial charge in [-0.2, -0.15) is 5.26 Å². The third-order valence-electron chi connectivity index (χ3n) is 3.54. The van der Waals surface area contributed by atoms with Crippen LogP contribution in [0, 0.1) is 23.7 Å². The molecule has 0 aliphatic carbocycles. The Kier molecular flexibility index (Phi) is 5.15. The predicted octanol–water partition coefficient (Wildman–Crippen LogP) is 3.87. The van der Waals surface area contributed by atoms with Crippen LogP contribution in [0.2, 0.25) is 0 Å². The van der Waals surface area contributed by atoms with Gasteiger partial charge in [0.2, 0.25) is 5.96 Å². The summed E-state index contributed by atoms with van der Waals surface area (Å²) in [4.78, 5) is 5.65. The van der Waals surface area contributed by atoms with E-state index < -0.39 is 0 Å². The first kappa shape index (κ1) is 17.5. The fourth-order valence-corrected chi connectivity index (χ4v) is 3.10. The molecule has 0 aliphatic heterocycles. The molecule has 0 atom stereocenters. The number of rotatable bonds is 3. The van der Waals surface area contributed by atoms with Crippen LogP contribution in [0.15, 0.2) is 59.6 Å². The average molecular weight is 363 g/mol. The van der Waals surface area contributed by atoms with E-state index in [4.69, 9.17) is 15.4 Å². The molecule has 0 saturated heterocycles. The van der Waals surface area contributed by atoms with Crippen LogP contribution in [0.4, 0.5) is 11.4 Å². The van der Waals surface area contributed by atoms with Gasteiger partial charge in [0.05, 0.1) is 24.4 Å². The highest BCUT2D eigenvalue weighted by molar-refractivity contribution is 7.07. The van der Waals surface area contributed by atoms with Crippen LogP contribution in [-0.4, -0.2) is 17.0 Å². The molecule has 1 heterocycles. The number of nitrogens with zero attached hydrogens (tertiary/aromatic N) is 3. The summed E-state index contributed by atoms with van der Waals surface area (Å²) in [5.41, 5.74) is 2.35. The minimum absolute atomic E-state index is 0.337. The molecule has 3 aromatic rings. The number of nitriles is 1. The first-order valence-corrected chi connectivity index (χ1v) is 8.61. The third kappa shape index (κ3) is 3.99. The van der Waals surface area contributed by atoms with E-state index in [9.17, 15) is 0 Å². The van der Waals surface area contributed by atoms with E-state index in [0.29, 0.717) is 17.0 Å². The number of aromatic nitrogens is 1. The zero-order valence-electron chi connectivity index (χ0n) is 14.4. The Labute approximate surface area is 155 Å². The van der Waals surface area contributed by atoms with Crippen LogP contribution < -0.4 is 15.5 Å². The van der Waals surface area contributed by atoms with Crippen LogP contribution in [0.1, 0.15) is 10.4 Å². The molecule has 130 valence electrons. The van der Waals surface area contributed by atoms with E-state index in [1.807, 2.05) is 37.3 Å². The summed E-state index contributed by atoms with van der Waals surface area (Å²) < 4.78 is 6.88. The second-order valence-corrected chi connectivity index (χ2v) is 6.67. The Morgan fingerprint density at radius 1 is 1.23 bits per heavy atom. The maximum absolute atomic E-state index is 9.09. The van der Waals surface area contributed by atoms with Gasteiger partial charge < -0.3 is 10.1 Å². The number of nitrogens with one attached hydrogen (secondary N) is 2. The molecule has 0 radical (unpaired) electrons. The molecule has 0 unspecified atom stereocenters. The SMILES string of the molecule is COc1ccc(N=C(Nc2cccc(C#N)c2)n2sc(C)cc2=N)cc1. The van der Waals surface area contributed by atoms with E-state index in [1.165, 1.54) is 11.5 Å². The zero-order valence-corrected chi connectivity index (χ0v) is 15.2. The topological polar surface area (TPSA) is 86.2 Å². The van der Waals surface area contributed by atoms with Crippen molar-refractivity contribution in [2.45, 2.75) is 6.92 Å². The first-order valence-electron chi connectivity index (χ1n) is 7.84. The van der Waals surface area contributed by atoms with Gasteiger partial charge in [-0.25, -0.2) is 8.95 Å². The van der Waals surface area contributed by atoms with Gasteiger partial charge in [-0.15, -0.1) is 0 Å². The highest BCUT2D eigenvalue weighted by Gasteiger charge is 2.09. The fourth-order valence-electron chi connectivity index (χ4n) is 2.33. The van der Waals surface area contributed by atoms with Crippen molar-refractivity contribution in [1.82, 2.24) is 3.96 Å². The smallest absolute Gasteiger partial charge is 0.223 e. The van der Waals surface area contributed by atoms with Crippen molar-refractivity contribution >= 4 is 28.9 Å². The number of aliphatic imine (C=N–C) groups is 1. The highest BCUT2D eigenvalue weighted by atomic mass is 32.1. The van der Waals surface area contributed by atoms with Crippen molar-refractivity contribution in [3.8, 4) is 11.8 Å². The molecular formula is C19H17N5OS. The van der Waals surface area contributed by atoms with E-state index in [-0.39, 0.29) is 0 Å². The molecule has 0 saturated carbocycles. The number of anilines is 1. The predicted molar refractivity (Wildman–Crippen MR) is 103 cm³/mol. The molecule has 2 N–H and O–H groups in total. The summed E-state index contributed by atoms with van der Waals surface area (Å²) in [5, 5.41) is 20.5. The second kappa shape index (κ2) is 7.68. The maximum atomic E-state index is 9.09. The first-order chi connectivity index (χ1) is 12.6. The van der Waals surface area contributed by atoms with Crippen LogP contribution in [-0.2, 0) is 0 Å². The third-order valence-corrected chi connectivity index (χ3v) is 4.50. The molecule has 0 fully saturated rings. The average Bonchev–Trinajstić information content (AvgIpc) is 3.00. The quantitative estimate of drug-likeness (QED) is 0.547. The lowest BCUT2D eigenvalue weighted by Crippen LogP contribution is -2.28. The highest BCUT2D eigenvalue weighted by Crippen LogP contribution is 2.19. The fraction of sp³-hybridized carbons (Fsp3) is 0.105. The number of methoxy groups -OCH3 is 1. The lowest BCUT2D eigenvalue weighted by atomic mass is 10.2. The largest absolute Gasteiger partial charge is 0.497 e. The van der Waals surface area contributed by atoms with Crippen molar-refractivity contribution in [2.75, 3.05) is 12.4 Å². The minimum Gasteiger partial charge on any atom is -0.497 e. The van der Waals surface area contributed by atoms with Crippen molar-refractivity contribution < 1.29 is 4.74 Å². The molecule has 6 nitrogen and oxygen atoms in total. The van der Waals surface area contributed by atoms with Crippen molar-refractivity contribution in [3.63, 3.8) is 0 Å². The summed E-state index contributed by atoms with van der Waals surface area (Å²) in [7, 11) is 1.62. The Hall–Kier alpha value is -3.37. The van der Waals surface area contributed by atoms with Gasteiger partial charge in [-0.1, -0.05) is 17.6 Å². The summed E-state index contributed by atoms with van der Waals surface area (Å²) >= 11 is 1.42. The van der Waals surface area contributed by atoms with E-state index in [1.54, 1.807) is 35.3 Å². The summed E-state index contributed by atoms with van der Waals surface area (Å²) in [6.45, 7) is 1.94. The zero-order chi connectivity index (χ0) is 18.5. The lowest BCUT2D eigenvalue weighted by Gasteiger charge is -2.11.